The van der Waals surface area contributed by atoms with Crippen LogP contribution in [-0.2, 0) is 6.42 Å². The van der Waals surface area contributed by atoms with Gasteiger partial charge in [0.15, 0.2) is 0 Å². The molecule has 0 fully saturated rings. The van der Waals surface area contributed by atoms with Crippen molar-refractivity contribution < 1.29 is 9.50 Å². The summed E-state index contributed by atoms with van der Waals surface area (Å²) in [6.07, 6.45) is 3.67. The molecular formula is C14H15ClFN3O. The number of aliphatic hydroxyl groups excluding tert-OH is 1. The van der Waals surface area contributed by atoms with Gasteiger partial charge in [0.1, 0.15) is 16.8 Å². The molecule has 0 amide bonds. The minimum absolute atomic E-state index is 0.00115. The number of nitrogens with one attached hydrogen (secondary N) is 1. The molecule has 0 aliphatic heterocycles. The second-order valence-electron chi connectivity index (χ2n) is 4.49. The Morgan fingerprint density at radius 1 is 1.25 bits per heavy atom. The van der Waals surface area contributed by atoms with Crippen molar-refractivity contribution in [2.75, 3.05) is 18.5 Å². The van der Waals surface area contributed by atoms with E-state index in [2.05, 4.69) is 15.3 Å². The van der Waals surface area contributed by atoms with Crippen molar-refractivity contribution >= 4 is 17.4 Å². The Balaban J connectivity index is 1.90. The zero-order valence-electron chi connectivity index (χ0n) is 10.8. The van der Waals surface area contributed by atoms with Crippen LogP contribution in [0.25, 0.3) is 0 Å². The summed E-state index contributed by atoms with van der Waals surface area (Å²) in [5.74, 6) is 0.304. The lowest BCUT2D eigenvalue weighted by atomic mass is 10.00. The summed E-state index contributed by atoms with van der Waals surface area (Å²) in [4.78, 5) is 7.98. The van der Waals surface area contributed by atoms with Crippen molar-refractivity contribution in [1.82, 2.24) is 9.97 Å². The molecule has 2 rings (SSSR count). The van der Waals surface area contributed by atoms with Crippen molar-refractivity contribution in [3.63, 3.8) is 0 Å². The molecule has 20 heavy (non-hydrogen) atoms. The first kappa shape index (κ1) is 14.7. The van der Waals surface area contributed by atoms with Gasteiger partial charge >= 0.3 is 0 Å². The molecular weight excluding hydrogens is 281 g/mol. The highest BCUT2D eigenvalue weighted by atomic mass is 35.5. The molecule has 106 valence electrons. The van der Waals surface area contributed by atoms with Gasteiger partial charge in [-0.2, -0.15) is 0 Å². The maximum Gasteiger partial charge on any atom is 0.149 e. The molecule has 1 atom stereocenters. The van der Waals surface area contributed by atoms with Gasteiger partial charge in [-0.25, -0.2) is 9.37 Å². The van der Waals surface area contributed by atoms with E-state index in [1.54, 1.807) is 18.3 Å². The Labute approximate surface area is 121 Å². The number of aromatic nitrogens is 2. The van der Waals surface area contributed by atoms with E-state index in [0.29, 0.717) is 23.9 Å². The van der Waals surface area contributed by atoms with Gasteiger partial charge in [0.2, 0.25) is 0 Å². The van der Waals surface area contributed by atoms with Crippen molar-refractivity contribution in [3.8, 4) is 0 Å². The van der Waals surface area contributed by atoms with Crippen LogP contribution in [0.4, 0.5) is 10.2 Å². The van der Waals surface area contributed by atoms with Crippen LogP contribution in [-0.4, -0.2) is 28.2 Å². The average molecular weight is 296 g/mol. The number of hydrogen-bond donors (Lipinski definition) is 2. The van der Waals surface area contributed by atoms with Crippen molar-refractivity contribution in [3.05, 3.63) is 53.2 Å². The van der Waals surface area contributed by atoms with E-state index in [1.807, 2.05) is 0 Å². The van der Waals surface area contributed by atoms with Gasteiger partial charge < -0.3 is 10.4 Å². The smallest absolute Gasteiger partial charge is 0.149 e. The fraction of sp³-hybridized carbons (Fsp3) is 0.286. The van der Waals surface area contributed by atoms with E-state index < -0.39 is 0 Å². The highest BCUT2D eigenvalue weighted by Gasteiger charge is 2.09. The zero-order chi connectivity index (χ0) is 14.4. The summed E-state index contributed by atoms with van der Waals surface area (Å²) in [7, 11) is 0. The molecule has 6 heteroatoms. The quantitative estimate of drug-likeness (QED) is 0.860. The lowest BCUT2D eigenvalue weighted by Crippen LogP contribution is -2.20. The summed E-state index contributed by atoms with van der Waals surface area (Å²) < 4.78 is 12.8. The number of hydrogen-bond acceptors (Lipinski definition) is 4. The van der Waals surface area contributed by atoms with Crippen LogP contribution in [0, 0.1) is 11.7 Å². The Bertz CT molecular complexity index is 550. The number of halogens is 2. The van der Waals surface area contributed by atoms with Crippen LogP contribution < -0.4 is 5.32 Å². The molecule has 2 aromatic rings. The summed E-state index contributed by atoms with van der Waals surface area (Å²) in [6, 6.07) is 6.27. The molecule has 0 aliphatic rings. The van der Waals surface area contributed by atoms with Gasteiger partial charge in [0.05, 0.1) is 12.4 Å². The number of anilines is 1. The monoisotopic (exact) mass is 295 g/mol. The molecule has 2 N–H and O–H groups in total. The first-order chi connectivity index (χ1) is 9.67. The molecule has 0 saturated heterocycles. The number of rotatable bonds is 6. The predicted octanol–water partition coefficient (Wildman–Crippen LogP) is 2.53. The standard InChI is InChI=1S/C14H15ClFN3O/c15-13-7-17-8-14(19-13)18-6-11(9-20)5-10-1-3-12(16)4-2-10/h1-4,7-8,11,20H,5-6,9H2,(H,18,19). The number of benzene rings is 1. The molecule has 1 aromatic heterocycles. The van der Waals surface area contributed by atoms with Crippen molar-refractivity contribution in [2.24, 2.45) is 5.92 Å². The SMILES string of the molecule is OCC(CNc1cncc(Cl)n1)Cc1ccc(F)cc1. The van der Waals surface area contributed by atoms with Crippen LogP contribution in [0.15, 0.2) is 36.7 Å². The maximum atomic E-state index is 12.8. The highest BCUT2D eigenvalue weighted by molar-refractivity contribution is 6.29. The summed E-state index contributed by atoms with van der Waals surface area (Å²) in [5.41, 5.74) is 0.976. The van der Waals surface area contributed by atoms with E-state index in [1.165, 1.54) is 18.3 Å². The van der Waals surface area contributed by atoms with Gasteiger partial charge in [-0.15, -0.1) is 0 Å². The normalized spacial score (nSPS) is 12.2. The second-order valence-corrected chi connectivity index (χ2v) is 4.87. The predicted molar refractivity (Wildman–Crippen MR) is 76.2 cm³/mol. The summed E-state index contributed by atoms with van der Waals surface area (Å²) >= 11 is 5.74. The third-order valence-corrected chi connectivity index (χ3v) is 3.05. The second kappa shape index (κ2) is 7.17. The fourth-order valence-electron chi connectivity index (χ4n) is 1.83. The number of nitrogens with zero attached hydrogens (tertiary/aromatic N) is 2. The van der Waals surface area contributed by atoms with E-state index in [9.17, 15) is 9.50 Å². The van der Waals surface area contributed by atoms with Crippen molar-refractivity contribution in [1.29, 1.82) is 0 Å². The Morgan fingerprint density at radius 2 is 2.00 bits per heavy atom. The molecule has 4 nitrogen and oxygen atoms in total. The van der Waals surface area contributed by atoms with Crippen molar-refractivity contribution in [2.45, 2.75) is 6.42 Å². The highest BCUT2D eigenvalue weighted by Crippen LogP contribution is 2.12. The number of aliphatic hydroxyl groups is 1. The Hall–Kier alpha value is -1.72. The van der Waals surface area contributed by atoms with Gasteiger partial charge in [-0.1, -0.05) is 23.7 Å². The lowest BCUT2D eigenvalue weighted by molar-refractivity contribution is 0.232. The molecule has 0 saturated carbocycles. The minimum atomic E-state index is -0.262. The lowest BCUT2D eigenvalue weighted by Gasteiger charge is -2.15. The van der Waals surface area contributed by atoms with Gasteiger partial charge in [-0.05, 0) is 24.1 Å². The largest absolute Gasteiger partial charge is 0.396 e. The Morgan fingerprint density at radius 3 is 2.65 bits per heavy atom. The molecule has 1 unspecified atom stereocenters. The van der Waals surface area contributed by atoms with Gasteiger partial charge in [0.25, 0.3) is 0 Å². The van der Waals surface area contributed by atoms with Crippen LogP contribution in [0.1, 0.15) is 5.56 Å². The van der Waals surface area contributed by atoms with Gasteiger partial charge in [-0.3, -0.25) is 4.98 Å². The maximum absolute atomic E-state index is 12.8. The van der Waals surface area contributed by atoms with E-state index in [4.69, 9.17) is 11.6 Å². The van der Waals surface area contributed by atoms with Crippen LogP contribution in [0.3, 0.4) is 0 Å². The van der Waals surface area contributed by atoms with Gasteiger partial charge in [0, 0.05) is 19.1 Å². The van der Waals surface area contributed by atoms with E-state index >= 15 is 0 Å². The van der Waals surface area contributed by atoms with Crippen LogP contribution >= 0.6 is 11.6 Å². The summed E-state index contributed by atoms with van der Waals surface area (Å²) in [6.45, 7) is 0.557. The topological polar surface area (TPSA) is 58.0 Å². The fourth-order valence-corrected chi connectivity index (χ4v) is 1.98. The summed E-state index contributed by atoms with van der Waals surface area (Å²) in [5, 5.41) is 12.8. The molecule has 0 aliphatic carbocycles. The third kappa shape index (κ3) is 4.43. The molecule has 1 aromatic carbocycles. The van der Waals surface area contributed by atoms with Crippen LogP contribution in [0.2, 0.25) is 5.15 Å². The third-order valence-electron chi connectivity index (χ3n) is 2.87. The van der Waals surface area contributed by atoms with Crippen LogP contribution in [0.5, 0.6) is 0 Å². The first-order valence-electron chi connectivity index (χ1n) is 6.24. The first-order valence-corrected chi connectivity index (χ1v) is 6.62. The van der Waals surface area contributed by atoms with E-state index in [0.717, 1.165) is 5.56 Å². The molecule has 0 spiro atoms. The average Bonchev–Trinajstić information content (AvgIpc) is 2.45. The minimum Gasteiger partial charge on any atom is -0.396 e. The zero-order valence-corrected chi connectivity index (χ0v) is 11.5. The molecule has 1 heterocycles. The Kier molecular flexibility index (Phi) is 5.26. The molecule has 0 bridgehead atoms. The molecule has 0 radical (unpaired) electrons. The van der Waals surface area contributed by atoms with E-state index in [-0.39, 0.29) is 18.3 Å².